The Hall–Kier alpha value is -2.04. The summed E-state index contributed by atoms with van der Waals surface area (Å²) in [5.74, 6) is 0.925. The van der Waals surface area contributed by atoms with Crippen molar-refractivity contribution in [2.45, 2.75) is 144 Å². The molecule has 0 aromatic heterocycles. The second kappa shape index (κ2) is 12.3. The average molecular weight is 565 g/mol. The van der Waals surface area contributed by atoms with Crippen molar-refractivity contribution < 1.29 is 10.2 Å². The predicted octanol–water partition coefficient (Wildman–Crippen LogP) is 9.12. The van der Waals surface area contributed by atoms with Gasteiger partial charge in [-0.1, -0.05) is 107 Å². The minimum atomic E-state index is -0.0888. The fourth-order valence-electron chi connectivity index (χ4n) is 5.68. The molecule has 1 heterocycles. The number of hydrogen-bond donors (Lipinski definition) is 2. The van der Waals surface area contributed by atoms with Crippen LogP contribution in [0, 0.1) is 0 Å². The molecule has 230 valence electrons. The van der Waals surface area contributed by atoms with E-state index in [2.05, 4.69) is 117 Å². The summed E-state index contributed by atoms with van der Waals surface area (Å²) in [6.07, 6.45) is 4.05. The van der Waals surface area contributed by atoms with Gasteiger partial charge in [-0.2, -0.15) is 0 Å². The number of hydrogen-bond acceptors (Lipinski definition) is 4. The van der Waals surface area contributed by atoms with E-state index in [0.717, 1.165) is 80.8 Å². The molecule has 4 heteroatoms. The van der Waals surface area contributed by atoms with Crippen LogP contribution in [0.2, 0.25) is 0 Å². The Kier molecular flexibility index (Phi) is 10.0. The molecule has 2 aromatic carbocycles. The standard InChI is InChI=1S/C37H60N2O2/c1-13-34(5,6)28-19-26(32(40)30(21-28)36(9,10)15-3)23-38-17-18-39(25-38)24-27-20-29(35(7,8)14-2)22-31(33(27)41)37(11,12)16-4/h19-22,40-41H,13-18,23-25H2,1-12H3. The molecule has 0 unspecified atom stereocenters. The van der Waals surface area contributed by atoms with Gasteiger partial charge in [-0.3, -0.25) is 9.80 Å². The molecule has 0 radical (unpaired) electrons. The van der Waals surface area contributed by atoms with Crippen molar-refractivity contribution in [2.24, 2.45) is 0 Å². The van der Waals surface area contributed by atoms with Crippen LogP contribution in [-0.2, 0) is 34.7 Å². The fourth-order valence-corrected chi connectivity index (χ4v) is 5.68. The summed E-state index contributed by atoms with van der Waals surface area (Å²) in [5.41, 5.74) is 6.75. The van der Waals surface area contributed by atoms with Crippen molar-refractivity contribution in [2.75, 3.05) is 19.8 Å². The summed E-state index contributed by atoms with van der Waals surface area (Å²) in [6.45, 7) is 31.2. The Morgan fingerprint density at radius 2 is 0.854 bits per heavy atom. The summed E-state index contributed by atoms with van der Waals surface area (Å²) >= 11 is 0. The van der Waals surface area contributed by atoms with Gasteiger partial charge in [-0.05, 0) is 58.5 Å². The zero-order chi connectivity index (χ0) is 31.0. The van der Waals surface area contributed by atoms with E-state index in [1.165, 1.54) is 11.1 Å². The number of phenolic OH excluding ortho intramolecular Hbond substituents is 2. The molecule has 4 nitrogen and oxygen atoms in total. The molecule has 0 saturated carbocycles. The molecule has 2 N–H and O–H groups in total. The Balaban J connectivity index is 1.91. The first-order valence-electron chi connectivity index (χ1n) is 16.1. The van der Waals surface area contributed by atoms with Crippen LogP contribution in [0.15, 0.2) is 24.3 Å². The topological polar surface area (TPSA) is 46.9 Å². The Labute approximate surface area is 252 Å². The summed E-state index contributed by atoms with van der Waals surface area (Å²) in [5, 5.41) is 23.0. The summed E-state index contributed by atoms with van der Waals surface area (Å²) in [6, 6.07) is 9.01. The lowest BCUT2D eigenvalue weighted by Crippen LogP contribution is -2.27. The SMILES string of the molecule is CCC(C)(C)c1cc(CN2CCN(Cc3cc(C(C)(C)CC)cc(C(C)(C)CC)c3O)C2)c(O)c(C(C)(C)CC)c1. The highest BCUT2D eigenvalue weighted by atomic mass is 16.3. The lowest BCUT2D eigenvalue weighted by Gasteiger charge is -2.32. The second-order valence-electron chi connectivity index (χ2n) is 15.3. The molecule has 1 saturated heterocycles. The molecule has 0 amide bonds. The first-order valence-corrected chi connectivity index (χ1v) is 16.1. The van der Waals surface area contributed by atoms with Gasteiger partial charge >= 0.3 is 0 Å². The van der Waals surface area contributed by atoms with E-state index < -0.39 is 0 Å². The van der Waals surface area contributed by atoms with Gasteiger partial charge in [-0.15, -0.1) is 0 Å². The molecular formula is C37H60N2O2. The van der Waals surface area contributed by atoms with Crippen LogP contribution in [0.3, 0.4) is 0 Å². The largest absolute Gasteiger partial charge is 0.507 e. The minimum absolute atomic E-state index is 0.0524. The number of phenols is 2. The van der Waals surface area contributed by atoms with E-state index >= 15 is 0 Å². The van der Waals surface area contributed by atoms with Crippen LogP contribution in [0.5, 0.6) is 11.5 Å². The smallest absolute Gasteiger partial charge is 0.123 e. The molecular weight excluding hydrogens is 504 g/mol. The molecule has 1 fully saturated rings. The number of aromatic hydroxyl groups is 2. The first-order chi connectivity index (χ1) is 18.9. The molecule has 0 atom stereocenters. The number of rotatable bonds is 12. The average Bonchev–Trinajstić information content (AvgIpc) is 3.36. The third kappa shape index (κ3) is 7.13. The minimum Gasteiger partial charge on any atom is -0.507 e. The van der Waals surface area contributed by atoms with Crippen LogP contribution >= 0.6 is 0 Å². The van der Waals surface area contributed by atoms with Crippen LogP contribution < -0.4 is 0 Å². The van der Waals surface area contributed by atoms with Crippen molar-refractivity contribution in [3.8, 4) is 11.5 Å². The highest BCUT2D eigenvalue weighted by Crippen LogP contribution is 2.42. The maximum atomic E-state index is 11.5. The maximum absolute atomic E-state index is 11.5. The van der Waals surface area contributed by atoms with Gasteiger partial charge in [-0.25, -0.2) is 0 Å². The molecule has 1 aliphatic heterocycles. The molecule has 0 aliphatic carbocycles. The Morgan fingerprint density at radius 3 is 1.15 bits per heavy atom. The van der Waals surface area contributed by atoms with Gasteiger partial charge in [0.25, 0.3) is 0 Å². The van der Waals surface area contributed by atoms with E-state index in [4.69, 9.17) is 0 Å². The summed E-state index contributed by atoms with van der Waals surface area (Å²) in [7, 11) is 0. The Bertz CT molecular complexity index is 1110. The quantitative estimate of drug-likeness (QED) is 0.270. The van der Waals surface area contributed by atoms with Crippen molar-refractivity contribution >= 4 is 0 Å². The van der Waals surface area contributed by atoms with Crippen molar-refractivity contribution in [1.82, 2.24) is 9.80 Å². The molecule has 0 bridgehead atoms. The van der Waals surface area contributed by atoms with Gasteiger partial charge in [0.15, 0.2) is 0 Å². The van der Waals surface area contributed by atoms with Crippen LogP contribution in [0.1, 0.15) is 142 Å². The lowest BCUT2D eigenvalue weighted by atomic mass is 9.75. The van der Waals surface area contributed by atoms with Gasteiger partial charge < -0.3 is 10.2 Å². The van der Waals surface area contributed by atoms with Crippen molar-refractivity contribution in [3.63, 3.8) is 0 Å². The van der Waals surface area contributed by atoms with Gasteiger partial charge in [0.05, 0.1) is 6.67 Å². The monoisotopic (exact) mass is 564 g/mol. The predicted molar refractivity (Wildman–Crippen MR) is 175 cm³/mol. The van der Waals surface area contributed by atoms with Crippen LogP contribution in [-0.4, -0.2) is 39.8 Å². The molecule has 41 heavy (non-hydrogen) atoms. The zero-order valence-electron chi connectivity index (χ0n) is 28.5. The second-order valence-corrected chi connectivity index (χ2v) is 15.3. The van der Waals surface area contributed by atoms with Gasteiger partial charge in [0.2, 0.25) is 0 Å². The van der Waals surface area contributed by atoms with Gasteiger partial charge in [0, 0.05) is 48.4 Å². The van der Waals surface area contributed by atoms with Crippen molar-refractivity contribution in [1.29, 1.82) is 0 Å². The summed E-state index contributed by atoms with van der Waals surface area (Å²) < 4.78 is 0. The molecule has 2 aromatic rings. The Morgan fingerprint density at radius 1 is 0.537 bits per heavy atom. The van der Waals surface area contributed by atoms with Gasteiger partial charge in [0.1, 0.15) is 11.5 Å². The molecule has 1 aliphatic rings. The van der Waals surface area contributed by atoms with E-state index in [0.29, 0.717) is 11.5 Å². The van der Waals surface area contributed by atoms with Crippen LogP contribution in [0.4, 0.5) is 0 Å². The first kappa shape index (κ1) is 33.5. The van der Waals surface area contributed by atoms with E-state index in [-0.39, 0.29) is 21.7 Å². The fraction of sp³-hybridized carbons (Fsp3) is 0.676. The third-order valence-corrected chi connectivity index (χ3v) is 10.9. The lowest BCUT2D eigenvalue weighted by molar-refractivity contribution is 0.230. The maximum Gasteiger partial charge on any atom is 0.123 e. The normalized spacial score (nSPS) is 16.1. The van der Waals surface area contributed by atoms with Crippen LogP contribution in [0.25, 0.3) is 0 Å². The molecule has 0 spiro atoms. The summed E-state index contributed by atoms with van der Waals surface area (Å²) in [4.78, 5) is 4.88. The van der Waals surface area contributed by atoms with E-state index in [9.17, 15) is 10.2 Å². The third-order valence-electron chi connectivity index (χ3n) is 10.9. The highest BCUT2D eigenvalue weighted by Gasteiger charge is 2.32. The van der Waals surface area contributed by atoms with Crippen molar-refractivity contribution in [3.05, 3.63) is 57.6 Å². The zero-order valence-corrected chi connectivity index (χ0v) is 28.5. The number of benzene rings is 2. The number of nitrogens with zero attached hydrogens (tertiary/aromatic N) is 2. The van der Waals surface area contributed by atoms with E-state index in [1.807, 2.05) is 0 Å². The van der Waals surface area contributed by atoms with E-state index in [1.54, 1.807) is 0 Å². The molecule has 3 rings (SSSR count). The highest BCUT2D eigenvalue weighted by molar-refractivity contribution is 5.50.